The lowest BCUT2D eigenvalue weighted by molar-refractivity contribution is 0.244. The first-order chi connectivity index (χ1) is 6.45. The third kappa shape index (κ3) is 67.4. The number of rotatable bonds is 3. The second-order valence-electron chi connectivity index (χ2n) is 2.56. The molecule has 0 saturated heterocycles. The fraction of sp³-hybridized carbons (Fsp3) is 0.455. The van der Waals surface area contributed by atoms with Gasteiger partial charge in [-0.2, -0.15) is 0 Å². The molecular weight excluding hydrogens is 180 g/mol. The van der Waals surface area contributed by atoms with Crippen LogP contribution < -0.4 is 0 Å². The topological polar surface area (TPSA) is 60.7 Å². The molecule has 0 aromatic carbocycles. The lowest BCUT2D eigenvalue weighted by Gasteiger charge is -1.84. The molecule has 0 aromatic heterocycles. The van der Waals surface area contributed by atoms with Gasteiger partial charge in [0.1, 0.15) is 0 Å². The SMILES string of the molecule is C=C(C)CO.C=CC(C)O.C=CCO. The highest BCUT2D eigenvalue weighted by Crippen LogP contribution is 1.76. The van der Waals surface area contributed by atoms with Crippen LogP contribution in [-0.4, -0.2) is 34.6 Å². The number of aliphatic hydroxyl groups excluding tert-OH is 3. The summed E-state index contributed by atoms with van der Waals surface area (Å²) < 4.78 is 0. The molecule has 0 radical (unpaired) electrons. The molecule has 0 rings (SSSR count). The summed E-state index contributed by atoms with van der Waals surface area (Å²) in [6.07, 6.45) is 2.55. The van der Waals surface area contributed by atoms with Crippen LogP contribution in [-0.2, 0) is 0 Å². The van der Waals surface area contributed by atoms with Crippen molar-refractivity contribution in [1.82, 2.24) is 0 Å². The molecule has 14 heavy (non-hydrogen) atoms. The van der Waals surface area contributed by atoms with E-state index in [1.165, 1.54) is 12.2 Å². The van der Waals surface area contributed by atoms with Gasteiger partial charge in [0, 0.05) is 0 Å². The second-order valence-corrected chi connectivity index (χ2v) is 2.56. The monoisotopic (exact) mass is 202 g/mol. The third-order valence-corrected chi connectivity index (χ3v) is 0.740. The van der Waals surface area contributed by atoms with Gasteiger partial charge >= 0.3 is 0 Å². The molecule has 3 nitrogen and oxygen atoms in total. The Morgan fingerprint density at radius 1 is 1.36 bits per heavy atom. The molecule has 0 heterocycles. The molecule has 0 aliphatic carbocycles. The van der Waals surface area contributed by atoms with Gasteiger partial charge < -0.3 is 15.3 Å². The van der Waals surface area contributed by atoms with E-state index in [0.717, 1.165) is 5.57 Å². The van der Waals surface area contributed by atoms with Gasteiger partial charge in [0.2, 0.25) is 0 Å². The Morgan fingerprint density at radius 2 is 1.57 bits per heavy atom. The first kappa shape index (κ1) is 18.8. The molecule has 3 heteroatoms. The van der Waals surface area contributed by atoms with E-state index in [1.54, 1.807) is 13.8 Å². The zero-order valence-corrected chi connectivity index (χ0v) is 9.11. The fourth-order valence-corrected chi connectivity index (χ4v) is 0. The van der Waals surface area contributed by atoms with Gasteiger partial charge in [0.25, 0.3) is 0 Å². The summed E-state index contributed by atoms with van der Waals surface area (Å²) in [4.78, 5) is 0. The molecule has 1 unspecified atom stereocenters. The lowest BCUT2D eigenvalue weighted by atomic mass is 10.4. The van der Waals surface area contributed by atoms with Gasteiger partial charge in [0.05, 0.1) is 19.3 Å². The predicted molar refractivity (Wildman–Crippen MR) is 61.1 cm³/mol. The van der Waals surface area contributed by atoms with E-state index in [0.29, 0.717) is 0 Å². The first-order valence-electron chi connectivity index (χ1n) is 4.23. The molecule has 0 aliphatic heterocycles. The summed E-state index contributed by atoms with van der Waals surface area (Å²) >= 11 is 0. The van der Waals surface area contributed by atoms with Crippen LogP contribution in [0.4, 0.5) is 0 Å². The molecular formula is C11H22O3. The molecule has 84 valence electrons. The minimum Gasteiger partial charge on any atom is -0.392 e. The van der Waals surface area contributed by atoms with Crippen LogP contribution in [0.3, 0.4) is 0 Å². The van der Waals surface area contributed by atoms with Crippen molar-refractivity contribution in [2.24, 2.45) is 0 Å². The van der Waals surface area contributed by atoms with Crippen molar-refractivity contribution in [1.29, 1.82) is 0 Å². The van der Waals surface area contributed by atoms with Crippen LogP contribution in [0.25, 0.3) is 0 Å². The van der Waals surface area contributed by atoms with E-state index in [1.807, 2.05) is 0 Å². The van der Waals surface area contributed by atoms with Crippen LogP contribution in [0.2, 0.25) is 0 Å². The Labute approximate surface area is 86.7 Å². The van der Waals surface area contributed by atoms with E-state index in [2.05, 4.69) is 19.7 Å². The summed E-state index contributed by atoms with van der Waals surface area (Å²) in [6, 6.07) is 0. The minimum atomic E-state index is -0.352. The van der Waals surface area contributed by atoms with Gasteiger partial charge in [0.15, 0.2) is 0 Å². The van der Waals surface area contributed by atoms with Crippen molar-refractivity contribution in [3.63, 3.8) is 0 Å². The molecule has 0 bridgehead atoms. The molecule has 3 N–H and O–H groups in total. The smallest absolute Gasteiger partial charge is 0.0690 e. The fourth-order valence-electron chi connectivity index (χ4n) is 0. The van der Waals surface area contributed by atoms with E-state index >= 15 is 0 Å². The maximum absolute atomic E-state index is 8.24. The van der Waals surface area contributed by atoms with E-state index in [4.69, 9.17) is 15.3 Å². The first-order valence-corrected chi connectivity index (χ1v) is 4.23. The zero-order chi connectivity index (χ0) is 12.0. The van der Waals surface area contributed by atoms with Crippen LogP contribution in [0, 0.1) is 0 Å². The van der Waals surface area contributed by atoms with Gasteiger partial charge in [-0.3, -0.25) is 0 Å². The van der Waals surface area contributed by atoms with Crippen molar-refractivity contribution in [3.8, 4) is 0 Å². The largest absolute Gasteiger partial charge is 0.392 e. The molecule has 1 atom stereocenters. The van der Waals surface area contributed by atoms with Crippen molar-refractivity contribution >= 4 is 0 Å². The summed E-state index contributed by atoms with van der Waals surface area (Å²) in [6.45, 7) is 13.6. The molecule has 0 spiro atoms. The van der Waals surface area contributed by atoms with Crippen molar-refractivity contribution in [3.05, 3.63) is 37.5 Å². The number of hydrogen-bond donors (Lipinski definition) is 3. The van der Waals surface area contributed by atoms with Crippen LogP contribution in [0.15, 0.2) is 37.5 Å². The quantitative estimate of drug-likeness (QED) is 0.604. The van der Waals surface area contributed by atoms with Gasteiger partial charge in [-0.05, 0) is 13.8 Å². The molecule has 0 aromatic rings. The van der Waals surface area contributed by atoms with Gasteiger partial charge in [-0.1, -0.05) is 24.3 Å². The highest BCUT2D eigenvalue weighted by molar-refractivity contribution is 4.85. The molecule has 0 fully saturated rings. The normalized spacial score (nSPS) is 9.50. The van der Waals surface area contributed by atoms with E-state index in [9.17, 15) is 0 Å². The minimum absolute atomic E-state index is 0.0833. The van der Waals surface area contributed by atoms with Gasteiger partial charge in [-0.25, -0.2) is 0 Å². The Bertz CT molecular complexity index is 139. The van der Waals surface area contributed by atoms with Crippen LogP contribution in [0.5, 0.6) is 0 Å². The highest BCUT2D eigenvalue weighted by Gasteiger charge is 1.75. The highest BCUT2D eigenvalue weighted by atomic mass is 16.3. The summed E-state index contributed by atoms with van der Waals surface area (Å²) in [5, 5.41) is 24.0. The second kappa shape index (κ2) is 18.0. The van der Waals surface area contributed by atoms with Crippen LogP contribution in [0.1, 0.15) is 13.8 Å². The van der Waals surface area contributed by atoms with Crippen molar-refractivity contribution in [2.45, 2.75) is 20.0 Å². The van der Waals surface area contributed by atoms with E-state index < -0.39 is 0 Å². The number of hydrogen-bond acceptors (Lipinski definition) is 3. The lowest BCUT2D eigenvalue weighted by Crippen LogP contribution is -1.88. The summed E-state index contributed by atoms with van der Waals surface area (Å²) in [7, 11) is 0. The van der Waals surface area contributed by atoms with Crippen LogP contribution >= 0.6 is 0 Å². The Morgan fingerprint density at radius 3 is 1.57 bits per heavy atom. The maximum Gasteiger partial charge on any atom is 0.0690 e. The van der Waals surface area contributed by atoms with Gasteiger partial charge in [-0.15, -0.1) is 13.2 Å². The summed E-state index contributed by atoms with van der Waals surface area (Å²) in [5.74, 6) is 0. The Hall–Kier alpha value is -0.900. The Kier molecular flexibility index (Phi) is 24.2. The Balaban J connectivity index is -0.000000131. The molecule has 0 saturated carbocycles. The average molecular weight is 202 g/mol. The summed E-state index contributed by atoms with van der Waals surface area (Å²) in [5.41, 5.74) is 0.810. The van der Waals surface area contributed by atoms with Crippen molar-refractivity contribution < 1.29 is 15.3 Å². The average Bonchev–Trinajstić information content (AvgIpc) is 2.19. The van der Waals surface area contributed by atoms with E-state index in [-0.39, 0.29) is 19.3 Å². The maximum atomic E-state index is 8.24. The molecule has 0 aliphatic rings. The predicted octanol–water partition coefficient (Wildman–Crippen LogP) is 1.27. The van der Waals surface area contributed by atoms with Crippen molar-refractivity contribution in [2.75, 3.05) is 13.2 Å². The third-order valence-electron chi connectivity index (χ3n) is 0.740. The standard InChI is InChI=1S/2C4H8O.C3H6O/c1-4(2)3-5;1-3-4(2)5;1-2-3-4/h5H,1,3H2,2H3;3-5H,1H2,2H3;2,4H,1,3H2. The zero-order valence-electron chi connectivity index (χ0n) is 9.11. The molecule has 0 amide bonds. The number of aliphatic hydroxyl groups is 3.